The van der Waals surface area contributed by atoms with Crippen molar-refractivity contribution in [1.82, 2.24) is 35.2 Å². The molecule has 1 aromatic carbocycles. The van der Waals surface area contributed by atoms with Gasteiger partial charge in [0.1, 0.15) is 29.0 Å². The second-order valence-electron chi connectivity index (χ2n) is 9.07. The van der Waals surface area contributed by atoms with Crippen molar-refractivity contribution in [3.63, 3.8) is 0 Å². The van der Waals surface area contributed by atoms with Crippen molar-refractivity contribution < 1.29 is 4.73 Å². The molecule has 186 valence electrons. The lowest BCUT2D eigenvalue weighted by molar-refractivity contribution is -0.614. The molecule has 1 fully saturated rings. The molecule has 4 heterocycles. The maximum absolute atomic E-state index is 13.4. The number of aromatic nitrogens is 8. The van der Waals surface area contributed by atoms with Crippen molar-refractivity contribution in [2.24, 2.45) is 5.92 Å². The number of nitrogens with one attached hydrogen (secondary N) is 1. The van der Waals surface area contributed by atoms with Crippen LogP contribution in [0.3, 0.4) is 0 Å². The number of pyridine rings is 2. The molecule has 1 saturated carbocycles. The lowest BCUT2D eigenvalue weighted by Gasteiger charge is -2.16. The van der Waals surface area contributed by atoms with Gasteiger partial charge in [0.25, 0.3) is 0 Å². The Kier molecular flexibility index (Phi) is 5.97. The second-order valence-corrected chi connectivity index (χ2v) is 9.87. The summed E-state index contributed by atoms with van der Waals surface area (Å²) in [6, 6.07) is 12.6. The number of imidazole rings is 1. The van der Waals surface area contributed by atoms with Gasteiger partial charge in [-0.2, -0.15) is 9.41 Å². The van der Waals surface area contributed by atoms with E-state index < -0.39 is 0 Å². The molecule has 0 saturated heterocycles. The van der Waals surface area contributed by atoms with Gasteiger partial charge in [0.05, 0.1) is 17.6 Å². The molecule has 0 radical (unpaired) electrons. The molecule has 6 rings (SSSR count). The van der Waals surface area contributed by atoms with Crippen LogP contribution in [0.15, 0.2) is 61.2 Å². The van der Waals surface area contributed by atoms with Crippen molar-refractivity contribution in [2.75, 3.05) is 5.73 Å². The van der Waals surface area contributed by atoms with Crippen molar-refractivity contribution in [2.45, 2.75) is 25.2 Å². The Hall–Kier alpha value is -4.02. The maximum atomic E-state index is 13.4. The van der Waals surface area contributed by atoms with Crippen LogP contribution in [0.1, 0.15) is 36.7 Å². The predicted molar refractivity (Wildman–Crippen MR) is 139 cm³/mol. The number of H-pyrrole nitrogens is 1. The molecule has 0 bridgehead atoms. The molecule has 1 aliphatic rings. The van der Waals surface area contributed by atoms with Gasteiger partial charge in [0, 0.05) is 27.8 Å². The third-order valence-corrected chi connectivity index (χ3v) is 7.04. The van der Waals surface area contributed by atoms with Crippen LogP contribution in [0.2, 0.25) is 10.2 Å². The molecule has 3 N–H and O–H groups in total. The molecule has 0 aliphatic heterocycles. The molecule has 1 atom stereocenters. The quantitative estimate of drug-likeness (QED) is 0.177. The third kappa shape index (κ3) is 4.73. The van der Waals surface area contributed by atoms with Gasteiger partial charge in [-0.1, -0.05) is 36.0 Å². The van der Waals surface area contributed by atoms with E-state index >= 15 is 0 Å². The van der Waals surface area contributed by atoms with Crippen LogP contribution in [-0.4, -0.2) is 35.2 Å². The summed E-state index contributed by atoms with van der Waals surface area (Å²) in [6.45, 7) is 0. The van der Waals surface area contributed by atoms with Crippen LogP contribution < -0.4 is 10.5 Å². The molecule has 4 aromatic heterocycles. The third-order valence-electron chi connectivity index (χ3n) is 6.52. The molecule has 1 aliphatic carbocycles. The van der Waals surface area contributed by atoms with E-state index in [9.17, 15) is 5.21 Å². The van der Waals surface area contributed by atoms with Gasteiger partial charge in [-0.25, -0.2) is 9.97 Å². The summed E-state index contributed by atoms with van der Waals surface area (Å²) in [6.07, 6.45) is 7.87. The minimum atomic E-state index is -0.216. The van der Waals surface area contributed by atoms with E-state index in [0.29, 0.717) is 50.8 Å². The largest absolute Gasteiger partial charge is 0.618 e. The molecule has 12 heteroatoms. The zero-order valence-electron chi connectivity index (χ0n) is 19.4. The van der Waals surface area contributed by atoms with E-state index in [1.165, 1.54) is 11.0 Å². The summed E-state index contributed by atoms with van der Waals surface area (Å²) >= 11 is 12.6. The van der Waals surface area contributed by atoms with E-state index in [4.69, 9.17) is 28.9 Å². The first-order valence-corrected chi connectivity index (χ1v) is 12.5. The summed E-state index contributed by atoms with van der Waals surface area (Å²) in [4.78, 5) is 12.1. The van der Waals surface area contributed by atoms with Crippen molar-refractivity contribution in [3.8, 4) is 28.1 Å². The van der Waals surface area contributed by atoms with Gasteiger partial charge >= 0.3 is 0 Å². The number of aromatic amines is 1. The zero-order chi connectivity index (χ0) is 25.5. The molecule has 1 unspecified atom stereocenters. The van der Waals surface area contributed by atoms with Crippen LogP contribution in [-0.2, 0) is 0 Å². The SMILES string of the molecule is Nc1ccc(-c2cnc(C(CC3CC3)c3ccc(-c4cc(Cl)ccc4-n4cnnn4)c[n+]3[O-])[nH]2)c(Cl)n1. The van der Waals surface area contributed by atoms with Crippen molar-refractivity contribution >= 4 is 29.0 Å². The average Bonchev–Trinajstić information content (AvgIpc) is 3.31. The maximum Gasteiger partial charge on any atom is 0.203 e. The Bertz CT molecular complexity index is 1580. The smallest absolute Gasteiger partial charge is 0.203 e. The van der Waals surface area contributed by atoms with Crippen molar-refractivity contribution in [1.29, 1.82) is 0 Å². The van der Waals surface area contributed by atoms with Crippen LogP contribution in [0.4, 0.5) is 5.82 Å². The molecule has 10 nitrogen and oxygen atoms in total. The summed E-state index contributed by atoms with van der Waals surface area (Å²) in [5.74, 6) is 1.38. The first kappa shape index (κ1) is 23.4. The highest BCUT2D eigenvalue weighted by molar-refractivity contribution is 6.32. The Morgan fingerprint density at radius 3 is 2.73 bits per heavy atom. The monoisotopic (exact) mass is 533 g/mol. The highest BCUT2D eigenvalue weighted by atomic mass is 35.5. The van der Waals surface area contributed by atoms with Gasteiger partial charge in [0.2, 0.25) is 5.69 Å². The average molecular weight is 534 g/mol. The van der Waals surface area contributed by atoms with Gasteiger partial charge in [-0.3, -0.25) is 0 Å². The number of tetrazole rings is 1. The van der Waals surface area contributed by atoms with E-state index in [1.54, 1.807) is 36.7 Å². The number of nitrogens with two attached hydrogens (primary N) is 1. The number of benzene rings is 1. The number of anilines is 1. The number of hydrogen-bond donors (Lipinski definition) is 2. The lowest BCUT2D eigenvalue weighted by Crippen LogP contribution is -2.34. The number of rotatable bonds is 7. The highest BCUT2D eigenvalue weighted by Gasteiger charge is 2.33. The van der Waals surface area contributed by atoms with Gasteiger partial charge in [-0.05, 0) is 59.2 Å². The van der Waals surface area contributed by atoms with E-state index in [-0.39, 0.29) is 11.1 Å². The minimum absolute atomic E-state index is 0.216. The van der Waals surface area contributed by atoms with E-state index in [2.05, 4.69) is 30.5 Å². The molecule has 0 spiro atoms. The van der Waals surface area contributed by atoms with Gasteiger partial charge in [0.15, 0.2) is 6.20 Å². The summed E-state index contributed by atoms with van der Waals surface area (Å²) in [5.41, 5.74) is 9.88. The fraction of sp³-hybridized carbons (Fsp3) is 0.200. The number of hydrogen-bond acceptors (Lipinski definition) is 7. The van der Waals surface area contributed by atoms with Gasteiger partial charge < -0.3 is 15.9 Å². The van der Waals surface area contributed by atoms with Crippen LogP contribution in [0.5, 0.6) is 0 Å². The standard InChI is InChI=1S/C25H21Cl2N9O/c26-16-4-7-21(35-13-30-33-34-35)18(10-16)15-3-6-22(36(37)12-15)19(9-14-1-2-14)25-29-11-20(31-25)17-5-8-23(28)32-24(17)27/h3-8,10-14,19H,1-2,9H2,(H2,28,32)(H,29,31). The van der Waals surface area contributed by atoms with Crippen LogP contribution >= 0.6 is 23.2 Å². The number of nitrogens with zero attached hydrogens (tertiary/aromatic N) is 7. The minimum Gasteiger partial charge on any atom is -0.618 e. The van der Waals surface area contributed by atoms with E-state index in [0.717, 1.165) is 29.6 Å². The van der Waals surface area contributed by atoms with Crippen LogP contribution in [0.25, 0.3) is 28.1 Å². The zero-order valence-corrected chi connectivity index (χ0v) is 20.9. The van der Waals surface area contributed by atoms with E-state index in [1.807, 2.05) is 18.2 Å². The summed E-state index contributed by atoms with van der Waals surface area (Å²) in [5, 5.41) is 25.7. The molecule has 0 amide bonds. The van der Waals surface area contributed by atoms with Crippen molar-refractivity contribution in [3.05, 3.63) is 88.1 Å². The lowest BCUT2D eigenvalue weighted by atomic mass is 9.95. The predicted octanol–water partition coefficient (Wildman–Crippen LogP) is 4.57. The summed E-state index contributed by atoms with van der Waals surface area (Å²) in [7, 11) is 0. The Morgan fingerprint density at radius 1 is 1.14 bits per heavy atom. The Balaban J connectivity index is 1.38. The molecular formula is C25H21Cl2N9O. The normalized spacial score (nSPS) is 14.1. The number of nitrogen functional groups attached to an aromatic ring is 1. The second kappa shape index (κ2) is 9.45. The highest BCUT2D eigenvalue weighted by Crippen LogP contribution is 2.41. The summed E-state index contributed by atoms with van der Waals surface area (Å²) < 4.78 is 2.44. The fourth-order valence-electron chi connectivity index (χ4n) is 4.49. The Morgan fingerprint density at radius 2 is 2.00 bits per heavy atom. The molecule has 5 aromatic rings. The topological polar surface area (TPSA) is 138 Å². The van der Waals surface area contributed by atoms with Gasteiger partial charge in [-0.15, -0.1) is 5.10 Å². The molecule has 37 heavy (non-hydrogen) atoms. The first-order valence-electron chi connectivity index (χ1n) is 11.7. The molecular weight excluding hydrogens is 513 g/mol. The van der Waals surface area contributed by atoms with Crippen LogP contribution in [0, 0.1) is 11.1 Å². The Labute approximate surface area is 221 Å². The number of halogens is 2. The fourth-order valence-corrected chi connectivity index (χ4v) is 4.93. The first-order chi connectivity index (χ1) is 18.0.